The Bertz CT molecular complexity index is 2620. The number of primary amides is 3. The Kier molecular flexibility index (Phi) is 42.3. The minimum Gasteiger partial charge on any atom is -1.00 e. The monoisotopic (exact) mass is 1220 g/mol. The highest BCUT2D eigenvalue weighted by Gasteiger charge is 2.25. The third-order valence-corrected chi connectivity index (χ3v) is 11.2. The van der Waals surface area contributed by atoms with Crippen molar-refractivity contribution in [1.82, 2.24) is 25.9 Å². The molecule has 3 heterocycles. The summed E-state index contributed by atoms with van der Waals surface area (Å²) in [5, 5.41) is 7.59. The minimum absolute atomic E-state index is 0. The van der Waals surface area contributed by atoms with E-state index < -0.39 is 53.2 Å². The number of ether oxygens (including phenoxy) is 2. The van der Waals surface area contributed by atoms with E-state index in [9.17, 15) is 38.4 Å². The van der Waals surface area contributed by atoms with Gasteiger partial charge in [0.1, 0.15) is 6.04 Å². The highest BCUT2D eigenvalue weighted by atomic mass is 35.5. The number of ketones is 1. The largest absolute Gasteiger partial charge is 1.00 e. The molecule has 0 aliphatic heterocycles. The van der Waals surface area contributed by atoms with Gasteiger partial charge in [-0.1, -0.05) is 114 Å². The van der Waals surface area contributed by atoms with Crippen molar-refractivity contribution in [3.8, 4) is 0 Å². The summed E-state index contributed by atoms with van der Waals surface area (Å²) in [6, 6.07) is 28.4. The Labute approximate surface area is 503 Å². The van der Waals surface area contributed by atoms with Crippen LogP contribution >= 0.6 is 48.0 Å². The van der Waals surface area contributed by atoms with E-state index in [2.05, 4.69) is 30.7 Å². The molecule has 5 aromatic rings. The van der Waals surface area contributed by atoms with Crippen LogP contribution in [-0.4, -0.2) is 87.0 Å². The first-order valence-corrected chi connectivity index (χ1v) is 25.7. The van der Waals surface area contributed by atoms with Gasteiger partial charge in [-0.25, -0.2) is 9.59 Å². The van der Waals surface area contributed by atoms with Crippen LogP contribution in [0.2, 0.25) is 0 Å². The number of benzene rings is 2. The zero-order chi connectivity index (χ0) is 58.7. The van der Waals surface area contributed by atoms with Crippen molar-refractivity contribution >= 4 is 94.9 Å². The molecule has 25 heteroatoms. The van der Waals surface area contributed by atoms with Gasteiger partial charge in [-0.15, -0.1) is 24.8 Å². The number of pyridine rings is 3. The quantitative estimate of drug-likeness (QED) is 0.0234. The summed E-state index contributed by atoms with van der Waals surface area (Å²) in [5.41, 5.74) is 24.3. The molecule has 81 heavy (non-hydrogen) atoms. The van der Waals surface area contributed by atoms with Gasteiger partial charge in [0.25, 0.3) is 17.9 Å². The molecule has 0 radical (unpaired) electrons. The number of rotatable bonds is 21. The molecular weight excluding hydrogens is 1150 g/mol. The van der Waals surface area contributed by atoms with Crippen molar-refractivity contribution < 1.29 is 64.8 Å². The minimum atomic E-state index is -0.660. The maximum atomic E-state index is 12.5. The van der Waals surface area contributed by atoms with E-state index in [1.807, 2.05) is 116 Å². The van der Waals surface area contributed by atoms with Gasteiger partial charge in [-0.2, -0.15) is 4.57 Å². The number of alkyl halides is 1. The molecule has 0 aliphatic carbocycles. The predicted molar refractivity (Wildman–Crippen MR) is 313 cm³/mol. The molecular formula is C56H77Cl5N10O10. The smallest absolute Gasteiger partial charge is 0.412 e. The van der Waals surface area contributed by atoms with E-state index in [4.69, 9.17) is 50.9 Å². The topological polar surface area (TPSA) is 325 Å². The second kappa shape index (κ2) is 43.8. The molecule has 0 spiro atoms. The summed E-state index contributed by atoms with van der Waals surface area (Å²) < 4.78 is 11.4. The fourth-order valence-corrected chi connectivity index (χ4v) is 6.76. The fourth-order valence-electron chi connectivity index (χ4n) is 6.55. The SMILES string of the molecule is CC(C)[C@H](CC(=O)c1ccc[n+](COC(=O)N[C@@H](C)Cc2ccccc2)c1)C(N)=O.CC(C)[C@H](N)C(N)=O.CC(C)[C@H](NC(=O)c1cccnc1)C(N)=O.C[C@@H](Cc1ccccc1)NC(=O)OCCl.Cl.Cl.O=C(Cl)c1cccnc1.[Cl-]. The van der Waals surface area contributed by atoms with Crippen LogP contribution in [0, 0.1) is 23.7 Å². The van der Waals surface area contributed by atoms with Gasteiger partial charge in [-0.3, -0.25) is 38.7 Å². The number of hydrogen-bond acceptors (Lipinski definition) is 13. The van der Waals surface area contributed by atoms with Gasteiger partial charge in [0.2, 0.25) is 17.7 Å². The van der Waals surface area contributed by atoms with E-state index in [0.717, 1.165) is 12.0 Å². The number of aromatic nitrogens is 3. The average molecular weight is 1230 g/mol. The first kappa shape index (κ1) is 78.3. The number of amides is 6. The summed E-state index contributed by atoms with van der Waals surface area (Å²) >= 11 is 10.4. The standard InChI is InChI=1S/C23H29N3O4.C11H14ClNO2.C11H15N3O2.C6H4ClNO.C5H12N2O.3ClH/c1-16(2)20(22(24)28)13-21(27)19-10-7-11-26(14-19)15-30-23(29)25-17(3)12-18-8-5-4-6-9-18;1-9(13-11(14)15-8-12)7-10-5-3-2-4-6-10;1-7(2)9(10(12)15)14-11(16)8-4-3-5-13-6-8;7-6(9)5-2-1-3-8-4-5;1-3(2)4(6)5(7)8;;;/h4-11,14,16-17,20H,12-13,15H2,1-3H3,(H2-,24,25,28,29);2-6,9H,7-8H2,1H3,(H,13,14);3-7,9H,1-2H3,(H2,12,15)(H,14,16);1-4H;3-4H,6H2,1-2H3,(H2,7,8);3*1H/t17-,20-;2*9-;;4-;;;/m000.0.../s1. The molecule has 0 saturated carbocycles. The lowest BCUT2D eigenvalue weighted by atomic mass is 9.89. The molecule has 11 N–H and O–H groups in total. The van der Waals surface area contributed by atoms with Crippen LogP contribution in [0.4, 0.5) is 9.59 Å². The van der Waals surface area contributed by atoms with Crippen molar-refractivity contribution in [1.29, 1.82) is 0 Å². The summed E-state index contributed by atoms with van der Waals surface area (Å²) in [7, 11) is 0. The van der Waals surface area contributed by atoms with Crippen LogP contribution < -0.4 is 55.9 Å². The highest BCUT2D eigenvalue weighted by molar-refractivity contribution is 6.67. The zero-order valence-corrected chi connectivity index (χ0v) is 50.4. The first-order valence-electron chi connectivity index (χ1n) is 24.8. The molecule has 2 aromatic carbocycles. The van der Waals surface area contributed by atoms with Crippen LogP contribution in [0.15, 0.2) is 134 Å². The summed E-state index contributed by atoms with van der Waals surface area (Å²) in [5.74, 6) is -2.40. The second-order valence-electron chi connectivity index (χ2n) is 18.6. The van der Waals surface area contributed by atoms with Crippen molar-refractivity contribution in [3.05, 3.63) is 162 Å². The van der Waals surface area contributed by atoms with Gasteiger partial charge >= 0.3 is 12.2 Å². The van der Waals surface area contributed by atoms with Crippen molar-refractivity contribution in [2.45, 2.75) is 106 Å². The molecule has 0 unspecified atom stereocenters. The Morgan fingerprint density at radius 3 is 1.41 bits per heavy atom. The molecule has 6 amide bonds. The van der Waals surface area contributed by atoms with Gasteiger partial charge in [0.05, 0.1) is 22.7 Å². The second-order valence-corrected chi connectivity index (χ2v) is 19.1. The normalized spacial score (nSPS) is 11.7. The Morgan fingerprint density at radius 2 is 1.05 bits per heavy atom. The average Bonchev–Trinajstić information content (AvgIpc) is 3.40. The number of halogens is 5. The van der Waals surface area contributed by atoms with E-state index in [-0.39, 0.29) is 98.0 Å². The number of hydrogen-bond donors (Lipinski definition) is 7. The predicted octanol–water partition coefficient (Wildman–Crippen LogP) is 4.24. The van der Waals surface area contributed by atoms with E-state index >= 15 is 0 Å². The molecule has 0 saturated heterocycles. The van der Waals surface area contributed by atoms with Crippen LogP contribution in [0.25, 0.3) is 0 Å². The van der Waals surface area contributed by atoms with Gasteiger partial charge in [0.15, 0.2) is 24.2 Å². The maximum Gasteiger partial charge on any atom is 0.412 e. The number of nitrogens with one attached hydrogen (secondary N) is 3. The molecule has 20 nitrogen and oxygen atoms in total. The summed E-state index contributed by atoms with van der Waals surface area (Å²) in [6.45, 7) is 14.9. The molecule has 5 atom stereocenters. The van der Waals surface area contributed by atoms with Crippen LogP contribution in [-0.2, 0) is 43.4 Å². The van der Waals surface area contributed by atoms with E-state index in [0.29, 0.717) is 23.1 Å². The number of nitrogens with zero attached hydrogens (tertiary/aromatic N) is 3. The third-order valence-electron chi connectivity index (χ3n) is 10.9. The lowest BCUT2D eigenvalue weighted by Crippen LogP contribution is -3.00. The molecule has 5 rings (SSSR count). The third kappa shape index (κ3) is 34.7. The molecule has 0 fully saturated rings. The Balaban J connectivity index is -0.00000102. The highest BCUT2D eigenvalue weighted by Crippen LogP contribution is 2.17. The van der Waals surface area contributed by atoms with Crippen LogP contribution in [0.1, 0.15) is 104 Å². The van der Waals surface area contributed by atoms with Crippen molar-refractivity contribution in [2.24, 2.45) is 46.6 Å². The molecule has 0 bridgehead atoms. The van der Waals surface area contributed by atoms with Crippen LogP contribution in [0.3, 0.4) is 0 Å². The molecule has 446 valence electrons. The fraction of sp³-hybridized carbons (Fsp3) is 0.375. The Morgan fingerprint density at radius 1 is 0.580 bits per heavy atom. The Hall–Kier alpha value is -6.94. The summed E-state index contributed by atoms with van der Waals surface area (Å²) in [6.07, 6.45) is 9.84. The number of Topliss-reactive ketones (excluding diaryl/α,β-unsaturated/α-hetero) is 1. The maximum absolute atomic E-state index is 12.5. The summed E-state index contributed by atoms with van der Waals surface area (Å²) in [4.78, 5) is 98.1. The van der Waals surface area contributed by atoms with Gasteiger partial charge in [-0.05, 0) is 97.5 Å². The molecule has 3 aromatic heterocycles. The lowest BCUT2D eigenvalue weighted by molar-refractivity contribution is -0.727. The lowest BCUT2D eigenvalue weighted by Gasteiger charge is -2.18. The number of alkyl carbamates (subject to hydrolysis) is 2. The first-order chi connectivity index (χ1) is 36.9. The number of nitrogens with two attached hydrogens (primary N) is 4. The van der Waals surface area contributed by atoms with E-state index in [1.54, 1.807) is 65.8 Å². The van der Waals surface area contributed by atoms with Crippen molar-refractivity contribution in [3.63, 3.8) is 0 Å². The number of carbonyl (C=O) groups excluding carboxylic acids is 8. The zero-order valence-electron chi connectivity index (χ0n) is 46.5. The van der Waals surface area contributed by atoms with E-state index in [1.165, 1.54) is 18.0 Å². The van der Waals surface area contributed by atoms with Gasteiger partial charge in [0, 0.05) is 55.3 Å². The van der Waals surface area contributed by atoms with Gasteiger partial charge < -0.3 is 60.8 Å². The van der Waals surface area contributed by atoms with Crippen molar-refractivity contribution in [2.75, 3.05) is 6.07 Å². The van der Waals surface area contributed by atoms with Crippen LogP contribution in [0.5, 0.6) is 0 Å². The molecule has 0 aliphatic rings. The number of carbonyl (C=O) groups is 8.